The lowest BCUT2D eigenvalue weighted by Gasteiger charge is -2.25. The van der Waals surface area contributed by atoms with E-state index in [1.165, 1.54) is 37.4 Å². The van der Waals surface area contributed by atoms with Crippen molar-refractivity contribution in [1.29, 1.82) is 0 Å². The highest BCUT2D eigenvalue weighted by atomic mass is 19.1. The molecule has 1 N–H and O–H groups in total. The number of hydrogen-bond donors (Lipinski definition) is 1. The fourth-order valence-electron chi connectivity index (χ4n) is 3.29. The summed E-state index contributed by atoms with van der Waals surface area (Å²) in [6.45, 7) is 1.85. The van der Waals surface area contributed by atoms with Crippen molar-refractivity contribution in [3.05, 3.63) is 65.5 Å². The molecule has 3 amide bonds. The molecular weight excluding hydrogens is 379 g/mol. The summed E-state index contributed by atoms with van der Waals surface area (Å²) in [5.74, 6) is -0.906. The molecule has 0 saturated carbocycles. The molecule has 0 aromatic heterocycles. The number of benzene rings is 2. The molecule has 152 valence electrons. The van der Waals surface area contributed by atoms with E-state index in [0.29, 0.717) is 23.3 Å². The minimum atomic E-state index is -1.23. The predicted octanol–water partition coefficient (Wildman–Crippen LogP) is 2.85. The highest BCUT2D eigenvalue weighted by molar-refractivity contribution is 6.07. The van der Waals surface area contributed by atoms with Gasteiger partial charge in [0.25, 0.3) is 5.91 Å². The summed E-state index contributed by atoms with van der Waals surface area (Å²) in [5.41, 5.74) is -0.370. The van der Waals surface area contributed by atoms with Gasteiger partial charge in [-0.1, -0.05) is 25.1 Å². The van der Waals surface area contributed by atoms with Gasteiger partial charge < -0.3 is 14.8 Å². The Morgan fingerprint density at radius 2 is 1.90 bits per heavy atom. The van der Waals surface area contributed by atoms with Crippen molar-refractivity contribution in [3.8, 4) is 5.75 Å². The number of esters is 1. The van der Waals surface area contributed by atoms with Crippen LogP contribution in [0.5, 0.6) is 5.75 Å². The molecule has 0 aliphatic carbocycles. The molecule has 3 rings (SSSR count). The molecule has 2 aromatic rings. The Kier molecular flexibility index (Phi) is 5.81. The topological polar surface area (TPSA) is 84.9 Å². The smallest absolute Gasteiger partial charge is 0.337 e. The quantitative estimate of drug-likeness (QED) is 0.571. The molecule has 1 atom stereocenters. The van der Waals surface area contributed by atoms with Gasteiger partial charge >= 0.3 is 12.0 Å². The van der Waals surface area contributed by atoms with E-state index in [1.807, 2.05) is 0 Å². The second-order valence-corrected chi connectivity index (χ2v) is 6.52. The van der Waals surface area contributed by atoms with Crippen LogP contribution in [0.1, 0.15) is 29.3 Å². The van der Waals surface area contributed by atoms with Gasteiger partial charge in [-0.3, -0.25) is 9.69 Å². The van der Waals surface area contributed by atoms with Crippen molar-refractivity contribution in [2.45, 2.75) is 18.9 Å². The van der Waals surface area contributed by atoms with Gasteiger partial charge in [-0.05, 0) is 42.3 Å². The van der Waals surface area contributed by atoms with Crippen molar-refractivity contribution in [1.82, 2.24) is 10.2 Å². The minimum Gasteiger partial charge on any atom is -0.492 e. The Hall–Kier alpha value is -3.42. The fourth-order valence-corrected chi connectivity index (χ4v) is 3.29. The van der Waals surface area contributed by atoms with Crippen molar-refractivity contribution < 1.29 is 28.2 Å². The molecule has 1 unspecified atom stereocenters. The van der Waals surface area contributed by atoms with Gasteiger partial charge in [-0.25, -0.2) is 14.0 Å². The van der Waals surface area contributed by atoms with E-state index in [1.54, 1.807) is 25.1 Å². The first kappa shape index (κ1) is 20.3. The van der Waals surface area contributed by atoms with Gasteiger partial charge in [-0.2, -0.15) is 0 Å². The van der Waals surface area contributed by atoms with E-state index in [2.05, 4.69) is 10.1 Å². The number of nitrogens with one attached hydrogen (secondary N) is 1. The van der Waals surface area contributed by atoms with E-state index in [9.17, 15) is 18.8 Å². The molecule has 1 saturated heterocycles. The van der Waals surface area contributed by atoms with Gasteiger partial charge in [0.1, 0.15) is 23.7 Å². The third-order valence-electron chi connectivity index (χ3n) is 4.88. The average molecular weight is 400 g/mol. The Morgan fingerprint density at radius 1 is 1.17 bits per heavy atom. The first-order chi connectivity index (χ1) is 13.9. The highest BCUT2D eigenvalue weighted by Crippen LogP contribution is 2.32. The van der Waals surface area contributed by atoms with Crippen LogP contribution in [0.2, 0.25) is 0 Å². The van der Waals surface area contributed by atoms with Gasteiger partial charge in [-0.15, -0.1) is 0 Å². The van der Waals surface area contributed by atoms with Crippen molar-refractivity contribution >= 4 is 17.9 Å². The van der Waals surface area contributed by atoms with Crippen molar-refractivity contribution in [2.24, 2.45) is 0 Å². The summed E-state index contributed by atoms with van der Waals surface area (Å²) in [6, 6.07) is 11.4. The lowest BCUT2D eigenvalue weighted by atomic mass is 9.87. The normalized spacial score (nSPS) is 18.5. The zero-order valence-corrected chi connectivity index (χ0v) is 16.1. The first-order valence-electron chi connectivity index (χ1n) is 9.12. The van der Waals surface area contributed by atoms with Crippen LogP contribution in [0, 0.1) is 5.82 Å². The number of nitrogens with zero attached hydrogens (tertiary/aromatic N) is 1. The third-order valence-corrected chi connectivity index (χ3v) is 4.88. The molecule has 1 aliphatic rings. The number of ether oxygens (including phenoxy) is 2. The van der Waals surface area contributed by atoms with E-state index in [-0.39, 0.29) is 13.2 Å². The molecule has 1 fully saturated rings. The van der Waals surface area contributed by atoms with Gasteiger partial charge in [0.15, 0.2) is 0 Å². The number of amides is 3. The lowest BCUT2D eigenvalue weighted by molar-refractivity contribution is -0.132. The second-order valence-electron chi connectivity index (χ2n) is 6.52. The van der Waals surface area contributed by atoms with E-state index in [0.717, 1.165) is 4.90 Å². The van der Waals surface area contributed by atoms with E-state index >= 15 is 0 Å². The summed E-state index contributed by atoms with van der Waals surface area (Å²) < 4.78 is 23.5. The Morgan fingerprint density at radius 3 is 2.55 bits per heavy atom. The average Bonchev–Trinajstić information content (AvgIpc) is 2.99. The van der Waals surface area contributed by atoms with Crippen molar-refractivity contribution in [2.75, 3.05) is 20.3 Å². The van der Waals surface area contributed by atoms with E-state index in [4.69, 9.17) is 4.74 Å². The minimum absolute atomic E-state index is 0.0239. The van der Waals surface area contributed by atoms with Gasteiger partial charge in [0.05, 0.1) is 19.2 Å². The molecule has 0 radical (unpaired) electrons. The van der Waals surface area contributed by atoms with Crippen LogP contribution >= 0.6 is 0 Å². The fraction of sp³-hybridized carbons (Fsp3) is 0.286. The molecular formula is C21H21FN2O5. The largest absolute Gasteiger partial charge is 0.492 e. The van der Waals surface area contributed by atoms with Gasteiger partial charge in [0.2, 0.25) is 0 Å². The number of urea groups is 1. The number of halogens is 1. The number of carbonyl (C=O) groups is 3. The summed E-state index contributed by atoms with van der Waals surface area (Å²) in [6.07, 6.45) is 0.321. The first-order valence-corrected chi connectivity index (χ1v) is 9.12. The number of rotatable bonds is 7. The van der Waals surface area contributed by atoms with Crippen LogP contribution in [-0.4, -0.2) is 43.1 Å². The second kappa shape index (κ2) is 8.30. The van der Waals surface area contributed by atoms with Crippen LogP contribution in [0.3, 0.4) is 0 Å². The molecule has 0 spiro atoms. The molecule has 0 bridgehead atoms. The molecule has 1 aliphatic heterocycles. The maximum absolute atomic E-state index is 13.3. The molecule has 7 nitrogen and oxygen atoms in total. The standard InChI is InChI=1S/C21H21FN2O5/c1-3-21(15-7-9-16(22)10-8-15)19(26)24(20(27)23-21)11-12-29-17-6-4-5-14(13-17)18(25)28-2/h4-10,13H,3,11-12H2,1-2H3,(H,23,27). The summed E-state index contributed by atoms with van der Waals surface area (Å²) in [4.78, 5) is 38.1. The van der Waals surface area contributed by atoms with Crippen LogP contribution in [0.15, 0.2) is 48.5 Å². The Balaban J connectivity index is 1.69. The number of carbonyl (C=O) groups excluding carboxylic acids is 3. The Bertz CT molecular complexity index is 931. The monoisotopic (exact) mass is 400 g/mol. The molecule has 1 heterocycles. The third kappa shape index (κ3) is 3.91. The van der Waals surface area contributed by atoms with Crippen molar-refractivity contribution in [3.63, 3.8) is 0 Å². The zero-order valence-electron chi connectivity index (χ0n) is 16.1. The Labute approximate surface area is 167 Å². The summed E-state index contributed by atoms with van der Waals surface area (Å²) >= 11 is 0. The van der Waals surface area contributed by atoms with Crippen LogP contribution < -0.4 is 10.1 Å². The molecule has 29 heavy (non-hydrogen) atoms. The van der Waals surface area contributed by atoms with Gasteiger partial charge in [0, 0.05) is 0 Å². The summed E-state index contributed by atoms with van der Waals surface area (Å²) in [5, 5.41) is 2.73. The zero-order chi connectivity index (χ0) is 21.0. The molecule has 2 aromatic carbocycles. The number of methoxy groups -OCH3 is 1. The number of imide groups is 1. The van der Waals surface area contributed by atoms with E-state index < -0.39 is 29.3 Å². The SMILES string of the molecule is CCC1(c2ccc(F)cc2)NC(=O)N(CCOc2cccc(C(=O)OC)c2)C1=O. The predicted molar refractivity (Wildman–Crippen MR) is 102 cm³/mol. The number of hydrogen-bond acceptors (Lipinski definition) is 5. The maximum Gasteiger partial charge on any atom is 0.337 e. The highest BCUT2D eigenvalue weighted by Gasteiger charge is 2.51. The molecule has 8 heteroatoms. The summed E-state index contributed by atoms with van der Waals surface area (Å²) in [7, 11) is 1.29. The lowest BCUT2D eigenvalue weighted by Crippen LogP contribution is -2.43. The van der Waals surface area contributed by atoms with Crippen LogP contribution in [-0.2, 0) is 15.1 Å². The maximum atomic E-state index is 13.3. The van der Waals surface area contributed by atoms with Crippen LogP contribution in [0.4, 0.5) is 9.18 Å². The van der Waals surface area contributed by atoms with Crippen LogP contribution in [0.25, 0.3) is 0 Å².